The molecule has 0 aromatic heterocycles. The fraction of sp³-hybridized carbons (Fsp3) is 0.417. The maximum atomic E-state index is 13.1. The minimum atomic E-state index is -0.695. The van der Waals surface area contributed by atoms with Crippen LogP contribution < -0.4 is 19.5 Å². The highest BCUT2D eigenvalue weighted by Gasteiger charge is 2.27. The molecular formula is C24H31ClN2O5. The van der Waals surface area contributed by atoms with Gasteiger partial charge >= 0.3 is 0 Å². The molecule has 0 aliphatic rings. The number of hydrogen-bond donors (Lipinski definition) is 1. The summed E-state index contributed by atoms with van der Waals surface area (Å²) in [5.41, 5.74) is 0.817. The molecule has 2 rings (SSSR count). The molecule has 0 unspecified atom stereocenters. The summed E-state index contributed by atoms with van der Waals surface area (Å²) in [7, 11) is 3.07. The van der Waals surface area contributed by atoms with E-state index >= 15 is 0 Å². The minimum absolute atomic E-state index is 0.00794. The molecule has 2 atom stereocenters. The third-order valence-corrected chi connectivity index (χ3v) is 5.33. The number of halogens is 1. The first-order valence-corrected chi connectivity index (χ1v) is 10.8. The van der Waals surface area contributed by atoms with Crippen LogP contribution in [0.3, 0.4) is 0 Å². The van der Waals surface area contributed by atoms with Crippen molar-refractivity contribution >= 4 is 23.4 Å². The molecule has 0 saturated heterocycles. The van der Waals surface area contributed by atoms with Crippen LogP contribution in [0.4, 0.5) is 0 Å². The Bertz CT molecular complexity index is 899. The first kappa shape index (κ1) is 25.3. The fourth-order valence-electron chi connectivity index (χ4n) is 2.97. The zero-order chi connectivity index (χ0) is 23.7. The highest BCUT2D eigenvalue weighted by molar-refractivity contribution is 6.30. The van der Waals surface area contributed by atoms with E-state index in [9.17, 15) is 9.59 Å². The molecule has 0 heterocycles. The minimum Gasteiger partial charge on any atom is -0.496 e. The second-order valence-corrected chi connectivity index (χ2v) is 7.92. The third-order valence-electron chi connectivity index (χ3n) is 5.10. The Hall–Kier alpha value is -2.93. The molecule has 0 fully saturated rings. The average molecular weight is 463 g/mol. The van der Waals surface area contributed by atoms with Crippen LogP contribution in [0.5, 0.6) is 17.2 Å². The van der Waals surface area contributed by atoms with Crippen LogP contribution in [0.25, 0.3) is 0 Å². The maximum Gasteiger partial charge on any atom is 0.261 e. The molecular weight excluding hydrogens is 432 g/mol. The number of ether oxygens (including phenoxy) is 3. The lowest BCUT2D eigenvalue weighted by Crippen LogP contribution is -2.50. The van der Waals surface area contributed by atoms with Crippen LogP contribution in [0.1, 0.15) is 32.8 Å². The Labute approximate surface area is 194 Å². The summed E-state index contributed by atoms with van der Waals surface area (Å²) >= 11 is 6.10. The number of nitrogens with one attached hydrogen (secondary N) is 1. The lowest BCUT2D eigenvalue weighted by Gasteiger charge is -2.29. The number of benzene rings is 2. The molecule has 32 heavy (non-hydrogen) atoms. The number of amides is 2. The van der Waals surface area contributed by atoms with Crippen LogP contribution in [0, 0.1) is 0 Å². The van der Waals surface area contributed by atoms with E-state index < -0.39 is 6.04 Å². The predicted octanol–water partition coefficient (Wildman–Crippen LogP) is 4.07. The van der Waals surface area contributed by atoms with Crippen LogP contribution in [0.15, 0.2) is 42.5 Å². The van der Waals surface area contributed by atoms with Gasteiger partial charge in [-0.25, -0.2) is 0 Å². The number of hydrogen-bond acceptors (Lipinski definition) is 5. The van der Waals surface area contributed by atoms with Crippen molar-refractivity contribution in [3.05, 3.63) is 53.1 Å². The smallest absolute Gasteiger partial charge is 0.261 e. The van der Waals surface area contributed by atoms with Gasteiger partial charge in [0.1, 0.15) is 23.3 Å². The molecule has 0 radical (unpaired) electrons. The van der Waals surface area contributed by atoms with Gasteiger partial charge in [0.15, 0.2) is 6.61 Å². The van der Waals surface area contributed by atoms with Crippen molar-refractivity contribution in [3.63, 3.8) is 0 Å². The molecule has 8 heteroatoms. The molecule has 174 valence electrons. The quantitative estimate of drug-likeness (QED) is 0.544. The first-order valence-electron chi connectivity index (χ1n) is 10.5. The van der Waals surface area contributed by atoms with E-state index in [-0.39, 0.29) is 31.0 Å². The number of carbonyl (C=O) groups is 2. The number of nitrogens with zero attached hydrogens (tertiary/aromatic N) is 1. The highest BCUT2D eigenvalue weighted by atomic mass is 35.5. The van der Waals surface area contributed by atoms with Crippen LogP contribution in [0.2, 0.25) is 5.02 Å². The van der Waals surface area contributed by atoms with Crippen LogP contribution >= 0.6 is 11.6 Å². The molecule has 0 aliphatic heterocycles. The average Bonchev–Trinajstić information content (AvgIpc) is 2.80. The van der Waals surface area contributed by atoms with E-state index in [4.69, 9.17) is 25.8 Å². The zero-order valence-corrected chi connectivity index (χ0v) is 19.9. The molecule has 2 amide bonds. The zero-order valence-electron chi connectivity index (χ0n) is 19.2. The summed E-state index contributed by atoms with van der Waals surface area (Å²) in [6.07, 6.45) is 0.793. The van der Waals surface area contributed by atoms with Crippen LogP contribution in [-0.4, -0.2) is 49.6 Å². The Balaban J connectivity index is 2.20. The van der Waals surface area contributed by atoms with Gasteiger partial charge in [-0.05, 0) is 38.0 Å². The Morgan fingerprint density at radius 3 is 2.22 bits per heavy atom. The molecule has 0 aliphatic carbocycles. The number of methoxy groups -OCH3 is 2. The van der Waals surface area contributed by atoms with Crippen LogP contribution in [-0.2, 0) is 16.1 Å². The lowest BCUT2D eigenvalue weighted by molar-refractivity contribution is -0.142. The molecule has 0 saturated carbocycles. The monoisotopic (exact) mass is 462 g/mol. The summed E-state index contributed by atoms with van der Waals surface area (Å²) in [6, 6.07) is 11.5. The lowest BCUT2D eigenvalue weighted by atomic mass is 10.1. The van der Waals surface area contributed by atoms with Gasteiger partial charge in [-0.3, -0.25) is 9.59 Å². The van der Waals surface area contributed by atoms with Crippen molar-refractivity contribution in [2.24, 2.45) is 0 Å². The Morgan fingerprint density at radius 2 is 1.66 bits per heavy atom. The fourth-order valence-corrected chi connectivity index (χ4v) is 3.19. The van der Waals surface area contributed by atoms with Gasteiger partial charge in [-0.1, -0.05) is 30.7 Å². The van der Waals surface area contributed by atoms with E-state index in [0.717, 1.165) is 12.0 Å². The normalized spacial score (nSPS) is 12.4. The SMILES string of the molecule is CC[C@@H](C)NC(=O)[C@H](C)N(Cc1cccc(Cl)c1)C(=O)COc1cc(OC)cc(OC)c1. The second kappa shape index (κ2) is 12.2. The van der Waals surface area contributed by atoms with Crippen molar-refractivity contribution < 1.29 is 23.8 Å². The molecule has 7 nitrogen and oxygen atoms in total. The van der Waals surface area contributed by atoms with E-state index in [1.165, 1.54) is 19.1 Å². The van der Waals surface area contributed by atoms with Gasteiger partial charge in [-0.15, -0.1) is 0 Å². The summed E-state index contributed by atoms with van der Waals surface area (Å²) in [6.45, 7) is 5.58. The first-order chi connectivity index (χ1) is 15.3. The van der Waals surface area contributed by atoms with Crippen molar-refractivity contribution in [1.82, 2.24) is 10.2 Å². The molecule has 2 aromatic carbocycles. The number of rotatable bonds is 11. The van der Waals surface area contributed by atoms with Crippen molar-refractivity contribution in [1.29, 1.82) is 0 Å². The van der Waals surface area contributed by atoms with Crippen molar-refractivity contribution in [3.8, 4) is 17.2 Å². The topological polar surface area (TPSA) is 77.1 Å². The summed E-state index contributed by atoms with van der Waals surface area (Å²) in [4.78, 5) is 27.4. The van der Waals surface area contributed by atoms with Gasteiger partial charge in [0.2, 0.25) is 5.91 Å². The molecule has 0 bridgehead atoms. The van der Waals surface area contributed by atoms with Crippen molar-refractivity contribution in [2.45, 2.75) is 45.8 Å². The van der Waals surface area contributed by atoms with Gasteiger partial charge < -0.3 is 24.4 Å². The molecule has 0 spiro atoms. The Kier molecular flexibility index (Phi) is 9.65. The van der Waals surface area contributed by atoms with Gasteiger partial charge in [-0.2, -0.15) is 0 Å². The third kappa shape index (κ3) is 7.34. The maximum absolute atomic E-state index is 13.1. The largest absolute Gasteiger partial charge is 0.496 e. The van der Waals surface area contributed by atoms with Crippen molar-refractivity contribution in [2.75, 3.05) is 20.8 Å². The van der Waals surface area contributed by atoms with E-state index in [1.807, 2.05) is 26.0 Å². The van der Waals surface area contributed by atoms with E-state index in [2.05, 4.69) is 5.32 Å². The van der Waals surface area contributed by atoms with Gasteiger partial charge in [0.05, 0.1) is 14.2 Å². The number of carbonyl (C=O) groups excluding carboxylic acids is 2. The standard InChI is InChI=1S/C24H31ClN2O5/c1-6-16(2)26-24(29)17(3)27(14-18-8-7-9-19(25)10-18)23(28)15-32-22-12-20(30-4)11-21(13-22)31-5/h7-13,16-17H,6,14-15H2,1-5H3,(H,26,29)/t16-,17+/m1/s1. The Morgan fingerprint density at radius 1 is 1.03 bits per heavy atom. The molecule has 1 N–H and O–H groups in total. The summed E-state index contributed by atoms with van der Waals surface area (Å²) in [5.74, 6) is 0.957. The van der Waals surface area contributed by atoms with E-state index in [0.29, 0.717) is 22.3 Å². The highest BCUT2D eigenvalue weighted by Crippen LogP contribution is 2.27. The summed E-state index contributed by atoms with van der Waals surface area (Å²) in [5, 5.41) is 3.49. The van der Waals surface area contributed by atoms with Gasteiger partial charge in [0.25, 0.3) is 5.91 Å². The summed E-state index contributed by atoms with van der Waals surface area (Å²) < 4.78 is 16.2. The predicted molar refractivity (Wildman–Crippen MR) is 124 cm³/mol. The second-order valence-electron chi connectivity index (χ2n) is 7.48. The van der Waals surface area contributed by atoms with E-state index in [1.54, 1.807) is 37.3 Å². The molecule has 2 aromatic rings. The van der Waals surface area contributed by atoms with Gasteiger partial charge in [0, 0.05) is 35.8 Å².